The van der Waals surface area contributed by atoms with Crippen molar-refractivity contribution in [3.8, 4) is 0 Å². The van der Waals surface area contributed by atoms with Crippen molar-refractivity contribution in [1.82, 2.24) is 10.2 Å². The van der Waals surface area contributed by atoms with E-state index in [1.165, 1.54) is 64.7 Å². The first kappa shape index (κ1) is 11.0. The molecule has 0 radical (unpaired) electrons. The van der Waals surface area contributed by atoms with Crippen molar-refractivity contribution in [2.75, 3.05) is 26.2 Å². The van der Waals surface area contributed by atoms with Crippen molar-refractivity contribution in [3.63, 3.8) is 0 Å². The number of nitrogens with one attached hydrogen (secondary N) is 1. The Balaban J connectivity index is 1.56. The van der Waals surface area contributed by atoms with Crippen LogP contribution in [0.5, 0.6) is 0 Å². The van der Waals surface area contributed by atoms with Gasteiger partial charge in [-0.1, -0.05) is 6.92 Å². The van der Waals surface area contributed by atoms with Gasteiger partial charge in [0.2, 0.25) is 0 Å². The van der Waals surface area contributed by atoms with Gasteiger partial charge in [-0.25, -0.2) is 0 Å². The highest BCUT2D eigenvalue weighted by Gasteiger charge is 2.54. The van der Waals surface area contributed by atoms with Gasteiger partial charge in [0.25, 0.3) is 0 Å². The van der Waals surface area contributed by atoms with E-state index in [0.717, 1.165) is 17.4 Å². The van der Waals surface area contributed by atoms with E-state index >= 15 is 0 Å². The van der Waals surface area contributed by atoms with Crippen molar-refractivity contribution in [1.29, 1.82) is 0 Å². The monoisotopic (exact) mass is 222 g/mol. The highest BCUT2D eigenvalue weighted by atomic mass is 15.2. The van der Waals surface area contributed by atoms with Crippen LogP contribution in [0.3, 0.4) is 0 Å². The molecule has 1 saturated heterocycles. The first-order valence-corrected chi connectivity index (χ1v) is 7.28. The summed E-state index contributed by atoms with van der Waals surface area (Å²) in [5.41, 5.74) is 0.794. The normalized spacial score (nSPS) is 34.7. The van der Waals surface area contributed by atoms with Crippen molar-refractivity contribution in [3.05, 3.63) is 0 Å². The van der Waals surface area contributed by atoms with E-state index in [1.54, 1.807) is 0 Å². The van der Waals surface area contributed by atoms with Crippen molar-refractivity contribution in [2.45, 2.75) is 51.5 Å². The summed E-state index contributed by atoms with van der Waals surface area (Å²) in [4.78, 5) is 2.76. The molecule has 3 rings (SSSR count). The maximum atomic E-state index is 3.67. The quantitative estimate of drug-likeness (QED) is 0.785. The van der Waals surface area contributed by atoms with Crippen LogP contribution in [0.15, 0.2) is 0 Å². The van der Waals surface area contributed by atoms with Crippen molar-refractivity contribution < 1.29 is 0 Å². The van der Waals surface area contributed by atoms with E-state index in [0.29, 0.717) is 0 Å². The molecule has 3 fully saturated rings. The molecule has 0 aromatic carbocycles. The minimum atomic E-state index is 0.748. The molecule has 1 heterocycles. The van der Waals surface area contributed by atoms with E-state index in [9.17, 15) is 0 Å². The Hall–Kier alpha value is -0.0800. The minimum Gasteiger partial charge on any atom is -0.313 e. The first-order chi connectivity index (χ1) is 7.82. The molecule has 92 valence electrons. The van der Waals surface area contributed by atoms with Gasteiger partial charge >= 0.3 is 0 Å². The average molecular weight is 222 g/mol. The predicted octanol–water partition coefficient (Wildman–Crippen LogP) is 2.25. The lowest BCUT2D eigenvalue weighted by Crippen LogP contribution is -2.40. The summed E-state index contributed by atoms with van der Waals surface area (Å²) in [7, 11) is 0. The molecule has 3 aliphatic rings. The number of hydrogen-bond donors (Lipinski definition) is 1. The Bertz CT molecular complexity index is 243. The second kappa shape index (κ2) is 4.30. The molecular weight excluding hydrogens is 196 g/mol. The number of nitrogens with zero attached hydrogens (tertiary/aromatic N) is 1. The summed E-state index contributed by atoms with van der Waals surface area (Å²) in [6, 6.07) is 0.748. The van der Waals surface area contributed by atoms with Crippen LogP contribution >= 0.6 is 0 Å². The second-order valence-electron chi connectivity index (χ2n) is 6.28. The summed E-state index contributed by atoms with van der Waals surface area (Å²) in [6.45, 7) is 7.58. The summed E-state index contributed by atoms with van der Waals surface area (Å²) in [5.74, 6) is 1.11. The fourth-order valence-electron chi connectivity index (χ4n) is 3.49. The van der Waals surface area contributed by atoms with E-state index in [2.05, 4.69) is 17.1 Å². The average Bonchev–Trinajstić information content (AvgIpc) is 3.15. The predicted molar refractivity (Wildman–Crippen MR) is 67.5 cm³/mol. The Morgan fingerprint density at radius 2 is 2.12 bits per heavy atom. The molecule has 0 aromatic rings. The number of rotatable bonds is 4. The van der Waals surface area contributed by atoms with Gasteiger partial charge < -0.3 is 10.2 Å². The first-order valence-electron chi connectivity index (χ1n) is 7.28. The lowest BCUT2D eigenvalue weighted by molar-refractivity contribution is 0.200. The standard InChI is InChI=1S/C14H26N2/c1-2-13-10-16(9-3-8-15-13)11-14(6-7-14)12-4-5-12/h12-13,15H,2-11H2,1H3. The molecular formula is C14H26N2. The van der Waals surface area contributed by atoms with Crippen molar-refractivity contribution in [2.24, 2.45) is 11.3 Å². The molecule has 16 heavy (non-hydrogen) atoms. The maximum absolute atomic E-state index is 3.67. The highest BCUT2D eigenvalue weighted by Crippen LogP contribution is 2.61. The van der Waals surface area contributed by atoms with Crippen LogP contribution in [0.4, 0.5) is 0 Å². The van der Waals surface area contributed by atoms with Gasteiger partial charge in [0.1, 0.15) is 0 Å². The second-order valence-corrected chi connectivity index (χ2v) is 6.28. The zero-order valence-electron chi connectivity index (χ0n) is 10.7. The molecule has 1 aliphatic heterocycles. The molecule has 2 heteroatoms. The third-order valence-electron chi connectivity index (χ3n) is 4.93. The van der Waals surface area contributed by atoms with Gasteiger partial charge in [0, 0.05) is 19.1 Å². The summed E-state index contributed by atoms with van der Waals surface area (Å²) >= 11 is 0. The Morgan fingerprint density at radius 1 is 1.31 bits per heavy atom. The zero-order valence-corrected chi connectivity index (χ0v) is 10.7. The SMILES string of the molecule is CCC1CN(CC2(C3CC3)CC2)CCCN1. The number of hydrogen-bond acceptors (Lipinski definition) is 2. The Labute approximate surface area is 99.8 Å². The Morgan fingerprint density at radius 3 is 2.75 bits per heavy atom. The van der Waals surface area contributed by atoms with E-state index < -0.39 is 0 Å². The molecule has 1 atom stereocenters. The lowest BCUT2D eigenvalue weighted by Gasteiger charge is -2.28. The summed E-state index contributed by atoms with van der Waals surface area (Å²) in [6.07, 6.45) is 8.74. The molecule has 0 aromatic heterocycles. The molecule has 0 spiro atoms. The molecule has 0 bridgehead atoms. The largest absolute Gasteiger partial charge is 0.313 e. The van der Waals surface area contributed by atoms with Crippen molar-refractivity contribution >= 4 is 0 Å². The molecule has 2 aliphatic carbocycles. The lowest BCUT2D eigenvalue weighted by atomic mass is 9.99. The zero-order chi connectivity index (χ0) is 11.0. The van der Waals surface area contributed by atoms with Crippen LogP contribution < -0.4 is 5.32 Å². The van der Waals surface area contributed by atoms with Crippen LogP contribution in [-0.2, 0) is 0 Å². The fraction of sp³-hybridized carbons (Fsp3) is 1.00. The van der Waals surface area contributed by atoms with Gasteiger partial charge in [-0.15, -0.1) is 0 Å². The highest BCUT2D eigenvalue weighted by molar-refractivity contribution is 5.05. The third kappa shape index (κ3) is 2.28. The smallest absolute Gasteiger partial charge is 0.0192 e. The third-order valence-corrected chi connectivity index (χ3v) is 4.93. The van der Waals surface area contributed by atoms with E-state index in [4.69, 9.17) is 0 Å². The van der Waals surface area contributed by atoms with Gasteiger partial charge in [-0.2, -0.15) is 0 Å². The van der Waals surface area contributed by atoms with Crippen LogP contribution in [0.25, 0.3) is 0 Å². The van der Waals surface area contributed by atoms with Crippen LogP contribution in [0, 0.1) is 11.3 Å². The molecule has 0 amide bonds. The molecule has 1 N–H and O–H groups in total. The van der Waals surface area contributed by atoms with Crippen LogP contribution in [-0.4, -0.2) is 37.1 Å². The van der Waals surface area contributed by atoms with Crippen LogP contribution in [0.1, 0.15) is 45.4 Å². The molecule has 2 nitrogen and oxygen atoms in total. The summed E-state index contributed by atoms with van der Waals surface area (Å²) < 4.78 is 0. The van der Waals surface area contributed by atoms with E-state index in [-0.39, 0.29) is 0 Å². The van der Waals surface area contributed by atoms with Gasteiger partial charge in [0.05, 0.1) is 0 Å². The topological polar surface area (TPSA) is 15.3 Å². The molecule has 2 saturated carbocycles. The van der Waals surface area contributed by atoms with Gasteiger partial charge in [-0.05, 0) is 62.9 Å². The van der Waals surface area contributed by atoms with E-state index in [1.807, 2.05) is 0 Å². The molecule has 1 unspecified atom stereocenters. The van der Waals surface area contributed by atoms with Gasteiger partial charge in [-0.3, -0.25) is 0 Å². The fourth-order valence-corrected chi connectivity index (χ4v) is 3.49. The minimum absolute atomic E-state index is 0.748. The van der Waals surface area contributed by atoms with Crippen LogP contribution in [0.2, 0.25) is 0 Å². The van der Waals surface area contributed by atoms with Gasteiger partial charge in [0.15, 0.2) is 0 Å². The maximum Gasteiger partial charge on any atom is 0.0192 e. The summed E-state index contributed by atoms with van der Waals surface area (Å²) in [5, 5.41) is 3.67. The Kier molecular flexibility index (Phi) is 2.97.